The molecule has 0 aromatic heterocycles. The smallest absolute Gasteiger partial charge is 0.201 e. The van der Waals surface area contributed by atoms with Crippen LogP contribution in [0.4, 0.5) is 0 Å². The molecule has 1 atom stereocenters. The molecule has 0 bridgehead atoms. The lowest BCUT2D eigenvalue weighted by molar-refractivity contribution is -0.0864. The largest absolute Gasteiger partial charge is 0.378 e. The summed E-state index contributed by atoms with van der Waals surface area (Å²) in [5.74, 6) is 0. The summed E-state index contributed by atoms with van der Waals surface area (Å²) < 4.78 is 4.90. The van der Waals surface area contributed by atoms with Crippen LogP contribution in [0.3, 0.4) is 0 Å². The monoisotopic (exact) mass is 186 g/mol. The van der Waals surface area contributed by atoms with Crippen LogP contribution in [0.15, 0.2) is 0 Å². The SMILES string of the molecule is CO[C@H]1CC(C#N)(C#N)C1(C#N)C#N. The standard InChI is InChI=1S/C9H6N4O/c1-14-7-2-8(3-10,4-11)9(7,5-12)6-13/h7H,2H2,1H3/t7-/m0/s1. The Morgan fingerprint density at radius 1 is 1.07 bits per heavy atom. The van der Waals surface area contributed by atoms with Gasteiger partial charge in [0.05, 0.1) is 30.4 Å². The average Bonchev–Trinajstić information content (AvgIpc) is 2.21. The summed E-state index contributed by atoms with van der Waals surface area (Å²) >= 11 is 0. The van der Waals surface area contributed by atoms with Crippen molar-refractivity contribution < 1.29 is 4.74 Å². The third kappa shape index (κ3) is 0.775. The van der Waals surface area contributed by atoms with E-state index in [0.717, 1.165) is 0 Å². The van der Waals surface area contributed by atoms with Crippen molar-refractivity contribution in [3.05, 3.63) is 0 Å². The molecule has 0 N–H and O–H groups in total. The molecule has 1 aliphatic rings. The summed E-state index contributed by atoms with van der Waals surface area (Å²) in [5.41, 5.74) is -3.19. The molecule has 5 heteroatoms. The van der Waals surface area contributed by atoms with Gasteiger partial charge in [0.15, 0.2) is 5.41 Å². The van der Waals surface area contributed by atoms with Gasteiger partial charge >= 0.3 is 0 Å². The van der Waals surface area contributed by atoms with Crippen LogP contribution in [-0.2, 0) is 4.74 Å². The Balaban J connectivity index is 3.25. The zero-order valence-corrected chi connectivity index (χ0v) is 7.48. The first-order valence-corrected chi connectivity index (χ1v) is 3.84. The van der Waals surface area contributed by atoms with E-state index in [1.807, 2.05) is 0 Å². The van der Waals surface area contributed by atoms with Gasteiger partial charge in [-0.2, -0.15) is 21.0 Å². The number of rotatable bonds is 1. The van der Waals surface area contributed by atoms with Crippen LogP contribution in [0.1, 0.15) is 6.42 Å². The van der Waals surface area contributed by atoms with E-state index >= 15 is 0 Å². The minimum Gasteiger partial charge on any atom is -0.378 e. The van der Waals surface area contributed by atoms with Crippen LogP contribution in [0.5, 0.6) is 0 Å². The van der Waals surface area contributed by atoms with E-state index in [2.05, 4.69) is 0 Å². The van der Waals surface area contributed by atoms with Gasteiger partial charge in [0.1, 0.15) is 0 Å². The van der Waals surface area contributed by atoms with Gasteiger partial charge in [0.2, 0.25) is 5.41 Å². The number of hydrogen-bond donors (Lipinski definition) is 0. The first kappa shape index (κ1) is 10.0. The summed E-state index contributed by atoms with van der Waals surface area (Å²) in [4.78, 5) is 0. The zero-order valence-electron chi connectivity index (χ0n) is 7.48. The first-order valence-electron chi connectivity index (χ1n) is 3.84. The maximum Gasteiger partial charge on any atom is 0.201 e. The maximum atomic E-state index is 8.88. The molecule has 1 fully saturated rings. The highest BCUT2D eigenvalue weighted by Gasteiger charge is 2.70. The zero-order chi connectivity index (χ0) is 10.8. The third-order valence-corrected chi connectivity index (χ3v) is 2.67. The normalized spacial score (nSPS) is 25.6. The fraction of sp³-hybridized carbons (Fsp3) is 0.556. The topological polar surface area (TPSA) is 104 Å². The molecule has 0 spiro atoms. The summed E-state index contributed by atoms with van der Waals surface area (Å²) in [6.07, 6.45) is -0.547. The first-order chi connectivity index (χ1) is 6.66. The van der Waals surface area contributed by atoms with E-state index < -0.39 is 16.9 Å². The lowest BCUT2D eigenvalue weighted by Gasteiger charge is -2.47. The fourth-order valence-corrected chi connectivity index (χ4v) is 1.65. The van der Waals surface area contributed by atoms with E-state index in [-0.39, 0.29) is 6.42 Å². The van der Waals surface area contributed by atoms with E-state index in [4.69, 9.17) is 25.8 Å². The number of methoxy groups -OCH3 is 1. The van der Waals surface area contributed by atoms with Crippen LogP contribution < -0.4 is 0 Å². The summed E-state index contributed by atoms with van der Waals surface area (Å²) in [6.45, 7) is 0. The van der Waals surface area contributed by atoms with Crippen LogP contribution in [-0.4, -0.2) is 13.2 Å². The van der Waals surface area contributed by atoms with Crippen molar-refractivity contribution in [1.82, 2.24) is 0 Å². The molecule has 1 rings (SSSR count). The molecule has 1 aliphatic carbocycles. The summed E-state index contributed by atoms with van der Waals surface area (Å²) in [5, 5.41) is 35.4. The molecule has 0 unspecified atom stereocenters. The molecule has 14 heavy (non-hydrogen) atoms. The molecule has 0 heterocycles. The van der Waals surface area contributed by atoms with Crippen LogP contribution >= 0.6 is 0 Å². The highest BCUT2D eigenvalue weighted by atomic mass is 16.5. The van der Waals surface area contributed by atoms with Crippen molar-refractivity contribution in [2.75, 3.05) is 7.11 Å². The highest BCUT2D eigenvalue weighted by Crippen LogP contribution is 2.56. The summed E-state index contributed by atoms with van der Waals surface area (Å²) in [6, 6.07) is 6.93. The second kappa shape index (κ2) is 3.00. The average molecular weight is 186 g/mol. The molecule has 0 aromatic rings. The summed E-state index contributed by atoms with van der Waals surface area (Å²) in [7, 11) is 1.35. The van der Waals surface area contributed by atoms with E-state index in [0.29, 0.717) is 0 Å². The van der Waals surface area contributed by atoms with Gasteiger partial charge in [-0.1, -0.05) is 0 Å². The minimum absolute atomic E-state index is 0.109. The third-order valence-electron chi connectivity index (χ3n) is 2.67. The lowest BCUT2D eigenvalue weighted by atomic mass is 9.50. The van der Waals surface area contributed by atoms with E-state index in [1.165, 1.54) is 7.11 Å². The molecular weight excluding hydrogens is 180 g/mol. The van der Waals surface area contributed by atoms with Gasteiger partial charge < -0.3 is 4.74 Å². The molecule has 0 aliphatic heterocycles. The predicted octanol–water partition coefficient (Wildman–Crippen LogP) is 0.472. The molecule has 0 amide bonds. The fourth-order valence-electron chi connectivity index (χ4n) is 1.65. The molecule has 0 aromatic carbocycles. The number of ether oxygens (including phenoxy) is 1. The van der Waals surface area contributed by atoms with Crippen molar-refractivity contribution in [2.45, 2.75) is 12.5 Å². The predicted molar refractivity (Wildman–Crippen MR) is 42.7 cm³/mol. The number of nitriles is 4. The molecular formula is C9H6N4O. The van der Waals surface area contributed by atoms with Crippen molar-refractivity contribution >= 4 is 0 Å². The molecule has 68 valence electrons. The quantitative estimate of drug-likeness (QED) is 0.591. The minimum atomic E-state index is -1.65. The number of nitrogens with zero attached hydrogens (tertiary/aromatic N) is 4. The maximum absolute atomic E-state index is 8.88. The molecule has 0 saturated heterocycles. The molecule has 0 radical (unpaired) electrons. The van der Waals surface area contributed by atoms with Crippen LogP contribution in [0, 0.1) is 56.2 Å². The molecule has 5 nitrogen and oxygen atoms in total. The van der Waals surface area contributed by atoms with Crippen LogP contribution in [0.2, 0.25) is 0 Å². The Kier molecular flexibility index (Phi) is 2.15. The Morgan fingerprint density at radius 3 is 1.86 bits per heavy atom. The Hall–Kier alpha value is -2.08. The van der Waals surface area contributed by atoms with Gasteiger partial charge in [-0.05, 0) is 0 Å². The van der Waals surface area contributed by atoms with Gasteiger partial charge in [0.25, 0.3) is 0 Å². The van der Waals surface area contributed by atoms with Gasteiger partial charge in [0, 0.05) is 13.5 Å². The van der Waals surface area contributed by atoms with E-state index in [1.54, 1.807) is 24.3 Å². The van der Waals surface area contributed by atoms with Crippen molar-refractivity contribution in [1.29, 1.82) is 21.0 Å². The van der Waals surface area contributed by atoms with Gasteiger partial charge in [-0.25, -0.2) is 0 Å². The number of hydrogen-bond acceptors (Lipinski definition) is 5. The van der Waals surface area contributed by atoms with Gasteiger partial charge in [-0.3, -0.25) is 0 Å². The Morgan fingerprint density at radius 2 is 1.57 bits per heavy atom. The van der Waals surface area contributed by atoms with Crippen LogP contribution in [0.25, 0.3) is 0 Å². The second-order valence-electron chi connectivity index (χ2n) is 3.09. The Labute approximate surface area is 81.3 Å². The van der Waals surface area contributed by atoms with Gasteiger partial charge in [-0.15, -0.1) is 0 Å². The molecule has 1 saturated carbocycles. The lowest BCUT2D eigenvalue weighted by Crippen LogP contribution is -2.59. The Bertz CT molecular complexity index is 386. The van der Waals surface area contributed by atoms with Crippen molar-refractivity contribution in [3.63, 3.8) is 0 Å². The van der Waals surface area contributed by atoms with Crippen molar-refractivity contribution in [2.24, 2.45) is 10.8 Å². The highest BCUT2D eigenvalue weighted by molar-refractivity contribution is 5.43. The van der Waals surface area contributed by atoms with Crippen molar-refractivity contribution in [3.8, 4) is 24.3 Å². The van der Waals surface area contributed by atoms with E-state index in [9.17, 15) is 0 Å². The second-order valence-corrected chi connectivity index (χ2v) is 3.09.